The average molecular weight is 442 g/mol. The predicted octanol–water partition coefficient (Wildman–Crippen LogP) is 3.60. The van der Waals surface area contributed by atoms with Crippen LogP contribution in [0.5, 0.6) is 0 Å². The Bertz CT molecular complexity index is 878. The Hall–Kier alpha value is -1.96. The van der Waals surface area contributed by atoms with Crippen LogP contribution >= 0.6 is 12.2 Å². The number of nitrogens with zero attached hydrogens (tertiary/aromatic N) is 4. The van der Waals surface area contributed by atoms with Gasteiger partial charge in [-0.25, -0.2) is 0 Å². The van der Waals surface area contributed by atoms with Gasteiger partial charge in [0.1, 0.15) is 0 Å². The van der Waals surface area contributed by atoms with Gasteiger partial charge in [-0.1, -0.05) is 13.0 Å². The molecule has 6 nitrogen and oxygen atoms in total. The summed E-state index contributed by atoms with van der Waals surface area (Å²) in [5, 5.41) is 4.40. The molecule has 2 aromatic rings. The average Bonchev–Trinajstić information content (AvgIpc) is 3.26. The summed E-state index contributed by atoms with van der Waals surface area (Å²) < 4.78 is 7.96. The quantitative estimate of drug-likeness (QED) is 0.632. The molecule has 0 aromatic carbocycles. The number of aryl methyl sites for hydroxylation is 1. The third-order valence-electron chi connectivity index (χ3n) is 6.55. The van der Waals surface area contributed by atoms with Crippen LogP contribution in [-0.2, 0) is 11.3 Å². The minimum Gasteiger partial charge on any atom is -0.379 e. The lowest BCUT2D eigenvalue weighted by molar-refractivity contribution is 0.0369. The van der Waals surface area contributed by atoms with Crippen molar-refractivity contribution in [2.75, 3.05) is 39.4 Å². The first kappa shape index (κ1) is 22.2. The van der Waals surface area contributed by atoms with E-state index >= 15 is 0 Å². The molecule has 0 aliphatic carbocycles. The van der Waals surface area contributed by atoms with Gasteiger partial charge in [0.05, 0.1) is 31.0 Å². The van der Waals surface area contributed by atoms with Crippen molar-refractivity contribution in [3.05, 3.63) is 53.1 Å². The molecule has 2 aromatic heterocycles. The molecule has 1 N–H and O–H groups in total. The van der Waals surface area contributed by atoms with Crippen LogP contribution in [0.4, 0.5) is 0 Å². The van der Waals surface area contributed by atoms with Crippen LogP contribution in [0.15, 0.2) is 30.5 Å². The van der Waals surface area contributed by atoms with E-state index in [1.165, 1.54) is 17.0 Å². The second-order valence-electron chi connectivity index (χ2n) is 8.61. The highest BCUT2D eigenvalue weighted by Gasteiger charge is 2.40. The standard InChI is InChI=1S/C24H35N5OS/c1-4-10-29-23(22(26-24(29)31)21-8-5-6-9-25-21)20-17-18(2)28(19(20)3)12-7-11-27-13-15-30-16-14-27/h5-6,8-9,17,22-23H,4,7,10-16H2,1-3H3,(H,26,31)/t22-,23-/m1/s1. The van der Waals surface area contributed by atoms with E-state index in [0.29, 0.717) is 0 Å². The second kappa shape index (κ2) is 10.1. The number of nitrogens with one attached hydrogen (secondary N) is 1. The van der Waals surface area contributed by atoms with Gasteiger partial charge in [-0.05, 0) is 62.7 Å². The lowest BCUT2D eigenvalue weighted by atomic mass is 9.96. The number of hydrogen-bond donors (Lipinski definition) is 1. The van der Waals surface area contributed by atoms with Crippen molar-refractivity contribution in [2.45, 2.75) is 52.2 Å². The fourth-order valence-electron chi connectivity index (χ4n) is 4.97. The number of aromatic nitrogens is 2. The summed E-state index contributed by atoms with van der Waals surface area (Å²) in [6.07, 6.45) is 4.08. The molecular formula is C24H35N5OS. The third-order valence-corrected chi connectivity index (χ3v) is 6.91. The molecule has 0 saturated carbocycles. The van der Waals surface area contributed by atoms with E-state index in [-0.39, 0.29) is 12.1 Å². The minimum absolute atomic E-state index is 0.0718. The predicted molar refractivity (Wildman–Crippen MR) is 128 cm³/mol. The van der Waals surface area contributed by atoms with Crippen molar-refractivity contribution >= 4 is 17.3 Å². The Kier molecular flexibility index (Phi) is 7.25. The van der Waals surface area contributed by atoms with Crippen LogP contribution in [0.25, 0.3) is 0 Å². The fourth-order valence-corrected chi connectivity index (χ4v) is 5.31. The molecule has 2 aliphatic heterocycles. The molecule has 2 saturated heterocycles. The summed E-state index contributed by atoms with van der Waals surface area (Å²) in [5.74, 6) is 0. The Morgan fingerprint density at radius 2 is 1.97 bits per heavy atom. The Labute approximate surface area is 191 Å². The van der Waals surface area contributed by atoms with Crippen LogP contribution < -0.4 is 5.32 Å². The third kappa shape index (κ3) is 4.78. The van der Waals surface area contributed by atoms with Crippen LogP contribution in [0, 0.1) is 13.8 Å². The number of pyridine rings is 1. The van der Waals surface area contributed by atoms with Gasteiger partial charge in [0, 0.05) is 50.3 Å². The SMILES string of the molecule is CCCN1C(=S)N[C@H](c2ccccn2)[C@H]1c1cc(C)n(CCCN2CCOCC2)c1C. The summed E-state index contributed by atoms with van der Waals surface area (Å²) >= 11 is 5.75. The molecule has 2 atom stereocenters. The fraction of sp³-hybridized carbons (Fsp3) is 0.583. The van der Waals surface area contributed by atoms with Crippen LogP contribution in [0.3, 0.4) is 0 Å². The summed E-state index contributed by atoms with van der Waals surface area (Å²) in [4.78, 5) is 9.52. The Morgan fingerprint density at radius 3 is 2.68 bits per heavy atom. The lowest BCUT2D eigenvalue weighted by Gasteiger charge is -2.28. The number of ether oxygens (including phenoxy) is 1. The van der Waals surface area contributed by atoms with Gasteiger partial charge in [-0.15, -0.1) is 0 Å². The Balaban J connectivity index is 1.56. The molecule has 0 bridgehead atoms. The number of thiocarbonyl (C=S) groups is 1. The normalized spacial score (nSPS) is 22.2. The number of morpholine rings is 1. The van der Waals surface area contributed by atoms with Crippen molar-refractivity contribution in [3.63, 3.8) is 0 Å². The van der Waals surface area contributed by atoms with Crippen molar-refractivity contribution < 1.29 is 4.74 Å². The molecule has 0 radical (unpaired) electrons. The molecule has 2 aliphatic rings. The summed E-state index contributed by atoms with van der Waals surface area (Å²) in [6, 6.07) is 8.73. The number of hydrogen-bond acceptors (Lipinski definition) is 4. The lowest BCUT2D eigenvalue weighted by Crippen LogP contribution is -2.37. The summed E-state index contributed by atoms with van der Waals surface area (Å²) in [6.45, 7) is 13.7. The van der Waals surface area contributed by atoms with Gasteiger partial charge in [0.2, 0.25) is 0 Å². The van der Waals surface area contributed by atoms with E-state index < -0.39 is 0 Å². The zero-order valence-corrected chi connectivity index (χ0v) is 19.8. The van der Waals surface area contributed by atoms with Gasteiger partial charge in [-0.2, -0.15) is 0 Å². The van der Waals surface area contributed by atoms with Gasteiger partial charge < -0.3 is 19.5 Å². The monoisotopic (exact) mass is 441 g/mol. The Morgan fingerprint density at radius 1 is 1.16 bits per heavy atom. The highest BCUT2D eigenvalue weighted by atomic mass is 32.1. The summed E-state index contributed by atoms with van der Waals surface area (Å²) in [7, 11) is 0. The molecule has 168 valence electrons. The molecule has 0 amide bonds. The first-order valence-corrected chi connectivity index (χ1v) is 12.0. The molecule has 4 rings (SSSR count). The van der Waals surface area contributed by atoms with Gasteiger partial charge >= 0.3 is 0 Å². The van der Waals surface area contributed by atoms with E-state index in [2.05, 4.69) is 63.6 Å². The summed E-state index contributed by atoms with van der Waals surface area (Å²) in [5.41, 5.74) is 5.08. The zero-order valence-electron chi connectivity index (χ0n) is 19.0. The first-order valence-electron chi connectivity index (χ1n) is 11.5. The van der Waals surface area contributed by atoms with Crippen molar-refractivity contribution in [1.82, 2.24) is 24.7 Å². The van der Waals surface area contributed by atoms with Gasteiger partial charge in [0.15, 0.2) is 5.11 Å². The van der Waals surface area contributed by atoms with Crippen molar-refractivity contribution in [1.29, 1.82) is 0 Å². The highest BCUT2D eigenvalue weighted by molar-refractivity contribution is 7.80. The molecule has 0 spiro atoms. The molecule has 4 heterocycles. The van der Waals surface area contributed by atoms with Crippen LogP contribution in [0.1, 0.15) is 54.5 Å². The van der Waals surface area contributed by atoms with Gasteiger partial charge in [-0.3, -0.25) is 9.88 Å². The second-order valence-corrected chi connectivity index (χ2v) is 8.99. The van der Waals surface area contributed by atoms with Gasteiger partial charge in [0.25, 0.3) is 0 Å². The maximum atomic E-state index is 5.75. The molecule has 2 fully saturated rings. The minimum atomic E-state index is 0.0718. The van der Waals surface area contributed by atoms with E-state index in [0.717, 1.165) is 69.6 Å². The number of rotatable bonds is 8. The van der Waals surface area contributed by atoms with Crippen LogP contribution in [0.2, 0.25) is 0 Å². The molecule has 0 unspecified atom stereocenters. The molecular weight excluding hydrogens is 406 g/mol. The van der Waals surface area contributed by atoms with E-state index in [4.69, 9.17) is 17.0 Å². The smallest absolute Gasteiger partial charge is 0.170 e. The van der Waals surface area contributed by atoms with Crippen molar-refractivity contribution in [3.8, 4) is 0 Å². The topological polar surface area (TPSA) is 45.6 Å². The van der Waals surface area contributed by atoms with E-state index in [1.54, 1.807) is 0 Å². The van der Waals surface area contributed by atoms with Crippen LogP contribution in [-0.4, -0.2) is 63.9 Å². The highest BCUT2D eigenvalue weighted by Crippen LogP contribution is 2.40. The largest absolute Gasteiger partial charge is 0.379 e. The van der Waals surface area contributed by atoms with Crippen molar-refractivity contribution in [2.24, 2.45) is 0 Å². The van der Waals surface area contributed by atoms with E-state index in [1.807, 2.05) is 12.3 Å². The zero-order chi connectivity index (χ0) is 21.8. The molecule has 7 heteroatoms. The first-order chi connectivity index (χ1) is 15.1. The maximum absolute atomic E-state index is 5.75. The van der Waals surface area contributed by atoms with E-state index in [9.17, 15) is 0 Å². The molecule has 31 heavy (non-hydrogen) atoms. The maximum Gasteiger partial charge on any atom is 0.170 e.